The van der Waals surface area contributed by atoms with Crippen molar-refractivity contribution in [2.75, 3.05) is 11.4 Å². The van der Waals surface area contributed by atoms with Gasteiger partial charge in [-0.25, -0.2) is 9.69 Å². The second-order valence-electron chi connectivity index (χ2n) is 7.25. The molecule has 0 saturated carbocycles. The number of anilines is 1. The monoisotopic (exact) mass is 397 g/mol. The maximum atomic E-state index is 13.2. The lowest BCUT2D eigenvalue weighted by Gasteiger charge is -2.28. The lowest BCUT2D eigenvalue weighted by Crippen LogP contribution is -2.50. The zero-order chi connectivity index (χ0) is 20.1. The van der Waals surface area contributed by atoms with Crippen LogP contribution in [0.15, 0.2) is 48.5 Å². The van der Waals surface area contributed by atoms with Crippen molar-refractivity contribution in [3.63, 3.8) is 0 Å². The Bertz CT molecular complexity index is 992. The predicted octanol–water partition coefficient (Wildman–Crippen LogP) is 3.08. The van der Waals surface area contributed by atoms with E-state index in [0.717, 1.165) is 22.6 Å². The number of halogens is 1. The maximum absolute atomic E-state index is 13.2. The molecule has 4 rings (SSSR count). The van der Waals surface area contributed by atoms with Crippen LogP contribution in [0.1, 0.15) is 25.0 Å². The number of rotatable bonds is 3. The van der Waals surface area contributed by atoms with Gasteiger partial charge in [-0.2, -0.15) is 0 Å². The van der Waals surface area contributed by atoms with Gasteiger partial charge in [0, 0.05) is 22.8 Å². The summed E-state index contributed by atoms with van der Waals surface area (Å²) in [5, 5.41) is 3.10. The van der Waals surface area contributed by atoms with Crippen LogP contribution in [-0.2, 0) is 21.5 Å². The number of fused-ring (bicyclic) bond motifs is 1. The van der Waals surface area contributed by atoms with Crippen molar-refractivity contribution in [2.24, 2.45) is 0 Å². The fourth-order valence-corrected chi connectivity index (χ4v) is 4.29. The highest BCUT2D eigenvalue weighted by atomic mass is 35.5. The Kier molecular flexibility index (Phi) is 4.38. The van der Waals surface area contributed by atoms with Crippen molar-refractivity contribution in [2.45, 2.75) is 31.8 Å². The Morgan fingerprint density at radius 1 is 1.14 bits per heavy atom. The SMILES string of the molecule is C[C@@H](C(=O)N1CCc2ccccc21)N1C(=O)N[C@](C)(c2ccccc2Cl)C1=O. The molecule has 0 radical (unpaired) electrons. The highest BCUT2D eigenvalue weighted by molar-refractivity contribution is 6.32. The van der Waals surface area contributed by atoms with Gasteiger partial charge in [0.25, 0.3) is 5.91 Å². The van der Waals surface area contributed by atoms with E-state index in [-0.39, 0.29) is 5.91 Å². The Labute approximate surface area is 168 Å². The second-order valence-corrected chi connectivity index (χ2v) is 7.66. The molecule has 1 N–H and O–H groups in total. The molecule has 144 valence electrons. The number of carbonyl (C=O) groups is 3. The molecule has 0 unspecified atom stereocenters. The third kappa shape index (κ3) is 2.67. The van der Waals surface area contributed by atoms with Crippen molar-refractivity contribution >= 4 is 35.1 Å². The van der Waals surface area contributed by atoms with E-state index in [4.69, 9.17) is 11.6 Å². The van der Waals surface area contributed by atoms with E-state index in [1.807, 2.05) is 24.3 Å². The molecule has 2 heterocycles. The fraction of sp³-hybridized carbons (Fsp3) is 0.286. The predicted molar refractivity (Wildman–Crippen MR) is 106 cm³/mol. The number of amides is 4. The van der Waals surface area contributed by atoms with Crippen LogP contribution in [0.2, 0.25) is 5.02 Å². The first-order valence-corrected chi connectivity index (χ1v) is 9.52. The smallest absolute Gasteiger partial charge is 0.319 e. The topological polar surface area (TPSA) is 69.7 Å². The summed E-state index contributed by atoms with van der Waals surface area (Å²) in [4.78, 5) is 41.7. The average Bonchev–Trinajstić information content (AvgIpc) is 3.20. The third-order valence-corrected chi connectivity index (χ3v) is 5.86. The Hall–Kier alpha value is -2.86. The van der Waals surface area contributed by atoms with Crippen LogP contribution in [0.25, 0.3) is 0 Å². The van der Waals surface area contributed by atoms with Crippen molar-refractivity contribution in [1.29, 1.82) is 0 Å². The van der Waals surface area contributed by atoms with Crippen molar-refractivity contribution in [3.8, 4) is 0 Å². The van der Waals surface area contributed by atoms with Gasteiger partial charge >= 0.3 is 6.03 Å². The normalized spacial score (nSPS) is 22.2. The van der Waals surface area contributed by atoms with Gasteiger partial charge < -0.3 is 10.2 Å². The molecule has 0 bridgehead atoms. The molecule has 4 amide bonds. The van der Waals surface area contributed by atoms with Gasteiger partial charge in [-0.05, 0) is 38.0 Å². The molecule has 2 aromatic carbocycles. The fourth-order valence-electron chi connectivity index (χ4n) is 3.96. The molecule has 2 aliphatic heterocycles. The molecule has 1 saturated heterocycles. The summed E-state index contributed by atoms with van der Waals surface area (Å²) in [5.74, 6) is -0.768. The molecule has 0 spiro atoms. The van der Waals surface area contributed by atoms with Gasteiger partial charge in [0.2, 0.25) is 5.91 Å². The van der Waals surface area contributed by atoms with E-state index in [9.17, 15) is 14.4 Å². The van der Waals surface area contributed by atoms with Gasteiger partial charge in [0.15, 0.2) is 0 Å². The van der Waals surface area contributed by atoms with Crippen LogP contribution < -0.4 is 10.2 Å². The maximum Gasteiger partial charge on any atom is 0.326 e. The number of hydrogen-bond acceptors (Lipinski definition) is 3. The zero-order valence-electron chi connectivity index (χ0n) is 15.6. The van der Waals surface area contributed by atoms with E-state index in [0.29, 0.717) is 17.1 Å². The van der Waals surface area contributed by atoms with Crippen molar-refractivity contribution in [1.82, 2.24) is 10.2 Å². The first kappa shape index (κ1) is 18.5. The minimum absolute atomic E-state index is 0.281. The summed E-state index contributed by atoms with van der Waals surface area (Å²) >= 11 is 6.26. The summed E-state index contributed by atoms with van der Waals surface area (Å²) in [6, 6.07) is 13.0. The lowest BCUT2D eigenvalue weighted by atomic mass is 9.91. The summed E-state index contributed by atoms with van der Waals surface area (Å²) < 4.78 is 0. The molecule has 28 heavy (non-hydrogen) atoms. The van der Waals surface area contributed by atoms with Crippen LogP contribution >= 0.6 is 11.6 Å². The van der Waals surface area contributed by atoms with Crippen LogP contribution in [0, 0.1) is 0 Å². The third-order valence-electron chi connectivity index (χ3n) is 5.53. The Balaban J connectivity index is 1.63. The molecule has 2 atom stereocenters. The van der Waals surface area contributed by atoms with E-state index in [2.05, 4.69) is 5.32 Å². The number of benzene rings is 2. The molecule has 7 heteroatoms. The van der Waals surface area contributed by atoms with Crippen LogP contribution in [0.5, 0.6) is 0 Å². The lowest BCUT2D eigenvalue weighted by molar-refractivity contribution is -0.136. The standard InChI is InChI=1S/C21H20ClN3O3/c1-13(18(26)24-12-11-14-7-3-6-10-17(14)24)25-19(27)21(2,23-20(25)28)15-8-4-5-9-16(15)22/h3-10,13H,11-12H2,1-2H3,(H,23,28)/t13-,21+/m0/s1. The van der Waals surface area contributed by atoms with E-state index >= 15 is 0 Å². The number of nitrogens with one attached hydrogen (secondary N) is 1. The van der Waals surface area contributed by atoms with Crippen LogP contribution in [-0.4, -0.2) is 35.3 Å². The van der Waals surface area contributed by atoms with Crippen LogP contribution in [0.3, 0.4) is 0 Å². The highest BCUT2D eigenvalue weighted by Gasteiger charge is 2.53. The molecule has 0 aromatic heterocycles. The van der Waals surface area contributed by atoms with Gasteiger partial charge in [-0.1, -0.05) is 48.0 Å². The largest absolute Gasteiger partial charge is 0.326 e. The second kappa shape index (κ2) is 6.63. The molecule has 1 fully saturated rings. The number of nitrogens with zero attached hydrogens (tertiary/aromatic N) is 2. The van der Waals surface area contributed by atoms with E-state index < -0.39 is 23.5 Å². The number of urea groups is 1. The molecule has 0 aliphatic carbocycles. The number of hydrogen-bond donors (Lipinski definition) is 1. The molecule has 2 aromatic rings. The van der Waals surface area contributed by atoms with Gasteiger partial charge in [-0.3, -0.25) is 9.59 Å². The molecular weight excluding hydrogens is 378 g/mol. The number of carbonyl (C=O) groups excluding carboxylic acids is 3. The van der Waals surface area contributed by atoms with Gasteiger partial charge in [-0.15, -0.1) is 0 Å². The summed E-state index contributed by atoms with van der Waals surface area (Å²) in [5.41, 5.74) is 1.11. The molecule has 6 nitrogen and oxygen atoms in total. The highest BCUT2D eigenvalue weighted by Crippen LogP contribution is 2.35. The number of para-hydroxylation sites is 1. The first-order valence-electron chi connectivity index (χ1n) is 9.14. The molecular formula is C21H20ClN3O3. The quantitative estimate of drug-likeness (QED) is 0.809. The number of imide groups is 1. The minimum atomic E-state index is -1.31. The summed E-state index contributed by atoms with van der Waals surface area (Å²) in [6.45, 7) is 3.73. The van der Waals surface area contributed by atoms with Crippen molar-refractivity contribution in [3.05, 3.63) is 64.7 Å². The molecule has 2 aliphatic rings. The Morgan fingerprint density at radius 2 is 1.82 bits per heavy atom. The zero-order valence-corrected chi connectivity index (χ0v) is 16.4. The average molecular weight is 398 g/mol. The Morgan fingerprint density at radius 3 is 2.57 bits per heavy atom. The van der Waals surface area contributed by atoms with Gasteiger partial charge in [0.05, 0.1) is 0 Å². The van der Waals surface area contributed by atoms with E-state index in [1.165, 1.54) is 0 Å². The van der Waals surface area contributed by atoms with Gasteiger partial charge in [0.1, 0.15) is 11.6 Å². The first-order chi connectivity index (χ1) is 13.3. The summed E-state index contributed by atoms with van der Waals surface area (Å²) in [6.07, 6.45) is 0.756. The van der Waals surface area contributed by atoms with E-state index in [1.54, 1.807) is 43.0 Å². The van der Waals surface area contributed by atoms with Crippen LogP contribution in [0.4, 0.5) is 10.5 Å². The summed E-state index contributed by atoms with van der Waals surface area (Å²) in [7, 11) is 0. The van der Waals surface area contributed by atoms with Crippen molar-refractivity contribution < 1.29 is 14.4 Å². The minimum Gasteiger partial charge on any atom is -0.319 e.